The molecule has 23 heavy (non-hydrogen) atoms. The molecule has 0 aliphatic heterocycles. The maximum Gasteiger partial charge on any atom is 0.138 e. The van der Waals surface area contributed by atoms with Crippen molar-refractivity contribution in [2.75, 3.05) is 5.32 Å². The zero-order chi connectivity index (χ0) is 15.8. The summed E-state index contributed by atoms with van der Waals surface area (Å²) in [5.41, 5.74) is 2.40. The van der Waals surface area contributed by atoms with Gasteiger partial charge in [-0.3, -0.25) is 0 Å². The van der Waals surface area contributed by atoms with Crippen LogP contribution in [0.25, 0.3) is 10.2 Å². The Morgan fingerprint density at radius 1 is 1.22 bits per heavy atom. The van der Waals surface area contributed by atoms with Crippen molar-refractivity contribution in [1.82, 2.24) is 9.97 Å². The van der Waals surface area contributed by atoms with Crippen molar-refractivity contribution in [2.45, 2.75) is 64.3 Å². The van der Waals surface area contributed by atoms with Crippen LogP contribution in [-0.2, 0) is 12.8 Å². The number of hydrogen-bond donors (Lipinski definition) is 2. The van der Waals surface area contributed by atoms with E-state index in [1.165, 1.54) is 41.5 Å². The van der Waals surface area contributed by atoms with Crippen LogP contribution in [0.4, 0.5) is 5.82 Å². The predicted octanol–water partition coefficient (Wildman–Crippen LogP) is 4.58. The lowest BCUT2D eigenvalue weighted by Crippen LogP contribution is -2.26. The van der Waals surface area contributed by atoms with Gasteiger partial charge >= 0.3 is 0 Å². The Morgan fingerprint density at radius 3 is 2.83 bits per heavy atom. The summed E-state index contributed by atoms with van der Waals surface area (Å²) in [6.07, 6.45) is 10.6. The number of fused-ring (bicyclic) bond motifs is 3. The van der Waals surface area contributed by atoms with E-state index in [0.29, 0.717) is 6.04 Å². The van der Waals surface area contributed by atoms with E-state index in [1.54, 1.807) is 6.33 Å². The number of aromatic nitrogens is 2. The number of thiophene rings is 1. The van der Waals surface area contributed by atoms with Crippen LogP contribution in [0.15, 0.2) is 6.33 Å². The van der Waals surface area contributed by atoms with Gasteiger partial charge < -0.3 is 10.7 Å². The van der Waals surface area contributed by atoms with Gasteiger partial charge in [0.1, 0.15) is 17.0 Å². The van der Waals surface area contributed by atoms with Gasteiger partial charge in [0, 0.05) is 16.6 Å². The molecule has 1 saturated carbocycles. The molecule has 2 aromatic rings. The van der Waals surface area contributed by atoms with E-state index in [4.69, 9.17) is 5.41 Å². The molecule has 1 fully saturated rings. The molecule has 4 nitrogen and oxygen atoms in total. The molecule has 1 unspecified atom stereocenters. The minimum Gasteiger partial charge on any atom is -0.367 e. The Labute approximate surface area is 141 Å². The van der Waals surface area contributed by atoms with Crippen LogP contribution in [0.5, 0.6) is 0 Å². The lowest BCUT2D eigenvalue weighted by molar-refractivity contribution is 0.451. The Morgan fingerprint density at radius 2 is 2.04 bits per heavy atom. The molecule has 0 aromatic carbocycles. The lowest BCUT2D eigenvalue weighted by Gasteiger charge is -2.25. The topological polar surface area (TPSA) is 61.7 Å². The highest BCUT2D eigenvalue weighted by molar-refractivity contribution is 7.19. The van der Waals surface area contributed by atoms with Crippen molar-refractivity contribution >= 4 is 33.1 Å². The predicted molar refractivity (Wildman–Crippen MR) is 96.8 cm³/mol. The van der Waals surface area contributed by atoms with Crippen LogP contribution >= 0.6 is 11.3 Å². The van der Waals surface area contributed by atoms with Crippen LogP contribution in [0.3, 0.4) is 0 Å². The maximum absolute atomic E-state index is 7.77. The molecule has 2 N–H and O–H groups in total. The summed E-state index contributed by atoms with van der Waals surface area (Å²) in [5, 5.41) is 12.7. The van der Waals surface area contributed by atoms with E-state index in [-0.39, 0.29) is 0 Å². The van der Waals surface area contributed by atoms with E-state index in [1.807, 2.05) is 11.3 Å². The first-order valence-electron chi connectivity index (χ1n) is 8.82. The molecule has 2 aromatic heterocycles. The molecule has 2 aliphatic rings. The second-order valence-corrected chi connectivity index (χ2v) is 8.03. The van der Waals surface area contributed by atoms with Crippen molar-refractivity contribution in [1.29, 1.82) is 5.41 Å². The number of hydrogen-bond acceptors (Lipinski definition) is 5. The molecule has 0 saturated heterocycles. The minimum atomic E-state index is 0.449. The lowest BCUT2D eigenvalue weighted by atomic mass is 9.86. The van der Waals surface area contributed by atoms with E-state index in [9.17, 15) is 0 Å². The normalized spacial score (nSPS) is 24.7. The number of nitrogens with one attached hydrogen (secondary N) is 2. The second-order valence-electron chi connectivity index (χ2n) is 6.95. The van der Waals surface area contributed by atoms with E-state index >= 15 is 0 Å². The monoisotopic (exact) mass is 328 g/mol. The average Bonchev–Trinajstić information content (AvgIpc) is 2.95. The molecule has 2 heterocycles. The van der Waals surface area contributed by atoms with Crippen molar-refractivity contribution in [3.63, 3.8) is 0 Å². The number of anilines is 1. The summed E-state index contributed by atoms with van der Waals surface area (Å²) in [6, 6.07) is 0.449. The van der Waals surface area contributed by atoms with E-state index < -0.39 is 0 Å². The van der Waals surface area contributed by atoms with Gasteiger partial charge in [-0.2, -0.15) is 0 Å². The molecule has 0 bridgehead atoms. The fourth-order valence-corrected chi connectivity index (χ4v) is 5.24. The Kier molecular flexibility index (Phi) is 4.05. The summed E-state index contributed by atoms with van der Waals surface area (Å²) in [7, 11) is 0. The highest BCUT2D eigenvalue weighted by Gasteiger charge is 2.25. The molecule has 2 aliphatic carbocycles. The summed E-state index contributed by atoms with van der Waals surface area (Å²) in [5.74, 6) is 1.87. The molecule has 0 amide bonds. The van der Waals surface area contributed by atoms with Crippen molar-refractivity contribution in [3.8, 4) is 0 Å². The van der Waals surface area contributed by atoms with Crippen molar-refractivity contribution in [2.24, 2.45) is 5.92 Å². The third kappa shape index (κ3) is 2.87. The molecular formula is C18H24N4S. The van der Waals surface area contributed by atoms with Gasteiger partial charge in [0.2, 0.25) is 0 Å². The second kappa shape index (κ2) is 6.19. The first kappa shape index (κ1) is 15.1. The molecular weight excluding hydrogens is 304 g/mol. The largest absolute Gasteiger partial charge is 0.367 e. The first-order chi connectivity index (χ1) is 11.2. The van der Waals surface area contributed by atoms with Crippen LogP contribution in [-0.4, -0.2) is 21.7 Å². The highest BCUT2D eigenvalue weighted by atomic mass is 32.1. The third-order valence-corrected chi connectivity index (χ3v) is 6.62. The quantitative estimate of drug-likeness (QED) is 0.867. The van der Waals surface area contributed by atoms with Crippen LogP contribution in [0.2, 0.25) is 0 Å². The van der Waals surface area contributed by atoms with Gasteiger partial charge in [-0.1, -0.05) is 13.3 Å². The van der Waals surface area contributed by atoms with Gasteiger partial charge in [0.25, 0.3) is 0 Å². The standard InChI is InChI=1S/C18H24N4S/c1-2-11-3-8-14-15(9-11)23-18-16(14)17(20-10-21-18)22-13-6-4-12(19)5-7-13/h10-11,13,19H,2-9H2,1H3,(H,20,21,22). The van der Waals surface area contributed by atoms with Crippen molar-refractivity contribution in [3.05, 3.63) is 16.8 Å². The van der Waals surface area contributed by atoms with Gasteiger partial charge in [-0.25, -0.2) is 9.97 Å². The van der Waals surface area contributed by atoms with E-state index in [0.717, 1.165) is 48.0 Å². The summed E-state index contributed by atoms with van der Waals surface area (Å²) in [6.45, 7) is 2.30. The van der Waals surface area contributed by atoms with Crippen LogP contribution in [0, 0.1) is 11.3 Å². The molecule has 5 heteroatoms. The minimum absolute atomic E-state index is 0.449. The fourth-order valence-electron chi connectivity index (χ4n) is 3.94. The zero-order valence-corrected chi connectivity index (χ0v) is 14.5. The van der Waals surface area contributed by atoms with Crippen LogP contribution < -0.4 is 5.32 Å². The van der Waals surface area contributed by atoms with Gasteiger partial charge in [0.15, 0.2) is 0 Å². The number of nitrogens with zero attached hydrogens (tertiary/aromatic N) is 2. The smallest absolute Gasteiger partial charge is 0.138 e. The maximum atomic E-state index is 7.77. The Hall–Kier alpha value is -1.49. The Bertz CT molecular complexity index is 726. The van der Waals surface area contributed by atoms with Crippen molar-refractivity contribution < 1.29 is 0 Å². The van der Waals surface area contributed by atoms with Gasteiger partial charge in [-0.15, -0.1) is 11.3 Å². The first-order valence-corrected chi connectivity index (χ1v) is 9.64. The zero-order valence-electron chi connectivity index (χ0n) is 13.7. The van der Waals surface area contributed by atoms with Crippen LogP contribution in [0.1, 0.15) is 55.9 Å². The third-order valence-electron chi connectivity index (χ3n) is 5.45. The average molecular weight is 328 g/mol. The highest BCUT2D eigenvalue weighted by Crippen LogP contribution is 2.40. The summed E-state index contributed by atoms with van der Waals surface area (Å²) < 4.78 is 0. The van der Waals surface area contributed by atoms with Gasteiger partial charge in [0.05, 0.1) is 5.39 Å². The molecule has 1 atom stereocenters. The molecule has 0 radical (unpaired) electrons. The number of rotatable bonds is 3. The molecule has 122 valence electrons. The van der Waals surface area contributed by atoms with Gasteiger partial charge in [-0.05, 0) is 56.4 Å². The fraction of sp³-hybridized carbons (Fsp3) is 0.611. The molecule has 0 spiro atoms. The van der Waals surface area contributed by atoms with E-state index in [2.05, 4.69) is 22.2 Å². The summed E-state index contributed by atoms with van der Waals surface area (Å²) >= 11 is 1.87. The summed E-state index contributed by atoms with van der Waals surface area (Å²) in [4.78, 5) is 11.8. The number of aryl methyl sites for hydroxylation is 1. The Balaban J connectivity index is 1.65. The molecule has 4 rings (SSSR count). The SMILES string of the molecule is CCC1CCc2c(sc3ncnc(NC4CCC(=N)CC4)c23)C1.